The van der Waals surface area contributed by atoms with Gasteiger partial charge in [-0.25, -0.2) is 4.39 Å². The van der Waals surface area contributed by atoms with Crippen LogP contribution in [0.15, 0.2) is 29.2 Å². The Balaban J connectivity index is 2.57. The van der Waals surface area contributed by atoms with Crippen LogP contribution in [-0.4, -0.2) is 24.6 Å². The lowest BCUT2D eigenvalue weighted by Gasteiger charge is -2.10. The molecule has 0 amide bonds. The summed E-state index contributed by atoms with van der Waals surface area (Å²) >= 11 is 1.22. The predicted molar refractivity (Wildman–Crippen MR) is 67.9 cm³/mol. The fourth-order valence-electron chi connectivity index (χ4n) is 1.48. The molecule has 0 aliphatic rings. The lowest BCUT2D eigenvalue weighted by Crippen LogP contribution is -2.26. The SMILES string of the molecule is CCC(C(=O)CSc1cccc(F)c1)C(=O)OC. The van der Waals surface area contributed by atoms with E-state index in [2.05, 4.69) is 4.74 Å². The van der Waals surface area contributed by atoms with E-state index in [0.29, 0.717) is 11.3 Å². The summed E-state index contributed by atoms with van der Waals surface area (Å²) in [5.41, 5.74) is 0. The summed E-state index contributed by atoms with van der Waals surface area (Å²) in [6, 6.07) is 6.01. The van der Waals surface area contributed by atoms with Crippen molar-refractivity contribution in [3.63, 3.8) is 0 Å². The molecule has 0 N–H and O–H groups in total. The molecule has 18 heavy (non-hydrogen) atoms. The number of methoxy groups -OCH3 is 1. The summed E-state index contributed by atoms with van der Waals surface area (Å²) < 4.78 is 17.5. The van der Waals surface area contributed by atoms with Gasteiger partial charge in [0.15, 0.2) is 5.78 Å². The molecule has 1 atom stereocenters. The number of thioether (sulfide) groups is 1. The molecule has 1 rings (SSSR count). The standard InChI is InChI=1S/C13H15FO3S/c1-3-11(13(16)17-2)12(15)8-18-10-6-4-5-9(14)7-10/h4-7,11H,3,8H2,1-2H3. The van der Waals surface area contributed by atoms with Crippen LogP contribution in [0.5, 0.6) is 0 Å². The molecule has 0 aliphatic carbocycles. The third-order valence-electron chi connectivity index (χ3n) is 2.46. The molecule has 3 nitrogen and oxygen atoms in total. The second-order valence-electron chi connectivity index (χ2n) is 3.70. The van der Waals surface area contributed by atoms with Crippen molar-refractivity contribution in [3.05, 3.63) is 30.1 Å². The minimum absolute atomic E-state index is 0.136. The first kappa shape index (κ1) is 14.7. The van der Waals surface area contributed by atoms with Crippen molar-refractivity contribution < 1.29 is 18.7 Å². The number of carbonyl (C=O) groups is 2. The van der Waals surface area contributed by atoms with Gasteiger partial charge in [-0.15, -0.1) is 11.8 Å². The second kappa shape index (κ2) is 7.16. The van der Waals surface area contributed by atoms with Crippen LogP contribution in [0.25, 0.3) is 0 Å². The van der Waals surface area contributed by atoms with E-state index in [1.54, 1.807) is 19.1 Å². The number of rotatable bonds is 6. The van der Waals surface area contributed by atoms with E-state index in [-0.39, 0.29) is 17.4 Å². The molecular weight excluding hydrogens is 255 g/mol. The zero-order chi connectivity index (χ0) is 13.5. The molecule has 5 heteroatoms. The first-order valence-electron chi connectivity index (χ1n) is 5.57. The Kier molecular flexibility index (Phi) is 5.85. The number of ketones is 1. The molecule has 0 bridgehead atoms. The van der Waals surface area contributed by atoms with Crippen molar-refractivity contribution in [1.29, 1.82) is 0 Å². The van der Waals surface area contributed by atoms with Crippen molar-refractivity contribution in [2.75, 3.05) is 12.9 Å². The molecule has 0 saturated heterocycles. The van der Waals surface area contributed by atoms with Gasteiger partial charge in [0, 0.05) is 4.90 Å². The molecule has 1 unspecified atom stereocenters. The summed E-state index contributed by atoms with van der Waals surface area (Å²) in [5.74, 6) is -1.64. The van der Waals surface area contributed by atoms with E-state index >= 15 is 0 Å². The molecule has 1 aromatic carbocycles. The molecular formula is C13H15FO3S. The number of carbonyl (C=O) groups excluding carboxylic acids is 2. The summed E-state index contributed by atoms with van der Waals surface area (Å²) in [6.07, 6.45) is 0.412. The second-order valence-corrected chi connectivity index (χ2v) is 4.75. The van der Waals surface area contributed by atoms with Crippen LogP contribution < -0.4 is 0 Å². The lowest BCUT2D eigenvalue weighted by atomic mass is 10.0. The van der Waals surface area contributed by atoms with Crippen LogP contribution in [0.4, 0.5) is 4.39 Å². The highest BCUT2D eigenvalue weighted by molar-refractivity contribution is 8.00. The van der Waals surface area contributed by atoms with Gasteiger partial charge in [-0.3, -0.25) is 9.59 Å². The molecule has 0 aromatic heterocycles. The summed E-state index contributed by atoms with van der Waals surface area (Å²) in [7, 11) is 1.26. The van der Waals surface area contributed by atoms with Crippen molar-refractivity contribution >= 4 is 23.5 Å². The average Bonchev–Trinajstić information content (AvgIpc) is 2.37. The van der Waals surface area contributed by atoms with Gasteiger partial charge in [0.25, 0.3) is 0 Å². The highest BCUT2D eigenvalue weighted by Gasteiger charge is 2.25. The maximum Gasteiger partial charge on any atom is 0.316 e. The van der Waals surface area contributed by atoms with E-state index in [1.165, 1.54) is 31.0 Å². The fraction of sp³-hybridized carbons (Fsp3) is 0.385. The van der Waals surface area contributed by atoms with E-state index in [1.807, 2.05) is 0 Å². The monoisotopic (exact) mass is 270 g/mol. The van der Waals surface area contributed by atoms with Crippen LogP contribution in [0.3, 0.4) is 0 Å². The zero-order valence-electron chi connectivity index (χ0n) is 10.3. The summed E-state index contributed by atoms with van der Waals surface area (Å²) in [6.45, 7) is 1.76. The minimum atomic E-state index is -0.726. The Bertz CT molecular complexity index is 434. The third-order valence-corrected chi connectivity index (χ3v) is 3.48. The Hall–Kier alpha value is -1.36. The largest absolute Gasteiger partial charge is 0.468 e. The van der Waals surface area contributed by atoms with E-state index in [4.69, 9.17) is 0 Å². The van der Waals surface area contributed by atoms with Crippen molar-refractivity contribution in [2.24, 2.45) is 5.92 Å². The van der Waals surface area contributed by atoms with Gasteiger partial charge in [0.05, 0.1) is 12.9 Å². The molecule has 0 saturated carbocycles. The highest BCUT2D eigenvalue weighted by atomic mass is 32.2. The minimum Gasteiger partial charge on any atom is -0.468 e. The van der Waals surface area contributed by atoms with Crippen LogP contribution in [0.1, 0.15) is 13.3 Å². The van der Waals surface area contributed by atoms with Gasteiger partial charge >= 0.3 is 5.97 Å². The Labute approximate surface area is 110 Å². The molecule has 98 valence electrons. The van der Waals surface area contributed by atoms with Crippen LogP contribution in [0.2, 0.25) is 0 Å². The number of ether oxygens (including phenoxy) is 1. The van der Waals surface area contributed by atoms with Crippen LogP contribution >= 0.6 is 11.8 Å². The number of hydrogen-bond donors (Lipinski definition) is 0. The molecule has 0 aliphatic heterocycles. The van der Waals surface area contributed by atoms with Gasteiger partial charge in [0.2, 0.25) is 0 Å². The van der Waals surface area contributed by atoms with Crippen LogP contribution in [-0.2, 0) is 14.3 Å². The maximum absolute atomic E-state index is 12.9. The van der Waals surface area contributed by atoms with Gasteiger partial charge in [-0.1, -0.05) is 13.0 Å². The smallest absolute Gasteiger partial charge is 0.316 e. The highest BCUT2D eigenvalue weighted by Crippen LogP contribution is 2.20. The van der Waals surface area contributed by atoms with E-state index < -0.39 is 11.9 Å². The number of halogens is 1. The summed E-state index contributed by atoms with van der Waals surface area (Å²) in [4.78, 5) is 23.8. The van der Waals surface area contributed by atoms with Gasteiger partial charge in [0.1, 0.15) is 11.7 Å². The first-order valence-corrected chi connectivity index (χ1v) is 6.56. The molecule has 0 spiro atoms. The van der Waals surface area contributed by atoms with E-state index in [9.17, 15) is 14.0 Å². The normalized spacial score (nSPS) is 11.9. The number of benzene rings is 1. The van der Waals surface area contributed by atoms with Crippen molar-refractivity contribution in [3.8, 4) is 0 Å². The fourth-order valence-corrected chi connectivity index (χ4v) is 2.36. The van der Waals surface area contributed by atoms with Crippen molar-refractivity contribution in [2.45, 2.75) is 18.2 Å². The quantitative estimate of drug-likeness (QED) is 0.453. The number of hydrogen-bond acceptors (Lipinski definition) is 4. The molecule has 0 fully saturated rings. The van der Waals surface area contributed by atoms with Crippen LogP contribution in [0, 0.1) is 11.7 Å². The zero-order valence-corrected chi connectivity index (χ0v) is 11.1. The van der Waals surface area contributed by atoms with Gasteiger partial charge in [-0.2, -0.15) is 0 Å². The molecule has 0 heterocycles. The first-order chi connectivity index (χ1) is 8.58. The maximum atomic E-state index is 12.9. The van der Waals surface area contributed by atoms with E-state index in [0.717, 1.165) is 0 Å². The predicted octanol–water partition coefficient (Wildman–Crippen LogP) is 2.69. The Morgan fingerprint density at radius 3 is 2.72 bits per heavy atom. The topological polar surface area (TPSA) is 43.4 Å². The van der Waals surface area contributed by atoms with Gasteiger partial charge in [-0.05, 0) is 24.6 Å². The Morgan fingerprint density at radius 1 is 1.44 bits per heavy atom. The third kappa shape index (κ3) is 4.14. The number of esters is 1. The summed E-state index contributed by atoms with van der Waals surface area (Å²) in [5, 5.41) is 0. The Morgan fingerprint density at radius 2 is 2.17 bits per heavy atom. The average molecular weight is 270 g/mol. The van der Waals surface area contributed by atoms with Gasteiger partial charge < -0.3 is 4.74 Å². The van der Waals surface area contributed by atoms with Crippen molar-refractivity contribution in [1.82, 2.24) is 0 Å². The molecule has 1 aromatic rings. The lowest BCUT2D eigenvalue weighted by molar-refractivity contribution is -0.148. The number of Topliss-reactive ketones (excluding diaryl/α,β-unsaturated/α-hetero) is 1. The molecule has 0 radical (unpaired) electrons.